The molecule has 5 nitrogen and oxygen atoms in total. The van der Waals surface area contributed by atoms with Crippen molar-refractivity contribution in [2.75, 3.05) is 25.6 Å². The van der Waals surface area contributed by atoms with Crippen molar-refractivity contribution in [2.45, 2.75) is 20.4 Å². The lowest BCUT2D eigenvalue weighted by atomic mass is 10.2. The lowest BCUT2D eigenvalue weighted by molar-refractivity contribution is 0.146. The average molecular weight is 289 g/mol. The van der Waals surface area contributed by atoms with Crippen LogP contribution in [-0.4, -0.2) is 30.1 Å². The molecule has 5 heteroatoms. The Morgan fingerprint density at radius 3 is 2.43 bits per heavy atom. The number of hydrogen-bond acceptors (Lipinski definition) is 4. The maximum atomic E-state index is 5.54. The van der Waals surface area contributed by atoms with Gasteiger partial charge in [0.1, 0.15) is 12.4 Å². The number of aryl methyl sites for hydroxylation is 2. The molecule has 0 bridgehead atoms. The van der Waals surface area contributed by atoms with Gasteiger partial charge in [0.05, 0.1) is 12.3 Å². The van der Waals surface area contributed by atoms with Crippen LogP contribution in [0.25, 0.3) is 0 Å². The summed E-state index contributed by atoms with van der Waals surface area (Å²) in [4.78, 5) is 0. The molecule has 0 spiro atoms. The van der Waals surface area contributed by atoms with Crippen molar-refractivity contribution in [3.63, 3.8) is 0 Å². The van der Waals surface area contributed by atoms with Crippen LogP contribution in [0.5, 0.6) is 5.75 Å². The SMILES string of the molecule is COCCOc1ccc(NCc2c(C)nn(C)c2C)cc1. The fourth-order valence-corrected chi connectivity index (χ4v) is 2.18. The molecule has 0 saturated heterocycles. The van der Waals surface area contributed by atoms with Crippen LogP contribution in [0.2, 0.25) is 0 Å². The molecule has 0 fully saturated rings. The highest BCUT2D eigenvalue weighted by atomic mass is 16.5. The normalized spacial score (nSPS) is 10.7. The van der Waals surface area contributed by atoms with Gasteiger partial charge in [-0.15, -0.1) is 0 Å². The van der Waals surface area contributed by atoms with E-state index in [-0.39, 0.29) is 0 Å². The van der Waals surface area contributed by atoms with Gasteiger partial charge in [0.15, 0.2) is 0 Å². The van der Waals surface area contributed by atoms with Gasteiger partial charge >= 0.3 is 0 Å². The molecule has 114 valence electrons. The number of benzene rings is 1. The summed E-state index contributed by atoms with van der Waals surface area (Å²) >= 11 is 0. The summed E-state index contributed by atoms with van der Waals surface area (Å²) in [5, 5.41) is 7.84. The number of hydrogen-bond donors (Lipinski definition) is 1. The predicted octanol–water partition coefficient (Wildman–Crippen LogP) is 2.67. The summed E-state index contributed by atoms with van der Waals surface area (Å²) in [7, 11) is 3.64. The van der Waals surface area contributed by atoms with E-state index in [0.717, 1.165) is 23.7 Å². The van der Waals surface area contributed by atoms with E-state index in [1.54, 1.807) is 7.11 Å². The number of nitrogens with zero attached hydrogens (tertiary/aromatic N) is 2. The lowest BCUT2D eigenvalue weighted by Crippen LogP contribution is -2.05. The van der Waals surface area contributed by atoms with Gasteiger partial charge in [-0.3, -0.25) is 4.68 Å². The topological polar surface area (TPSA) is 48.3 Å². The summed E-state index contributed by atoms with van der Waals surface area (Å²) < 4.78 is 12.4. The van der Waals surface area contributed by atoms with E-state index in [0.29, 0.717) is 13.2 Å². The van der Waals surface area contributed by atoms with Gasteiger partial charge < -0.3 is 14.8 Å². The van der Waals surface area contributed by atoms with Crippen LogP contribution >= 0.6 is 0 Å². The van der Waals surface area contributed by atoms with Crippen LogP contribution in [0.4, 0.5) is 5.69 Å². The number of ether oxygens (including phenoxy) is 2. The highest BCUT2D eigenvalue weighted by Crippen LogP contribution is 2.18. The monoisotopic (exact) mass is 289 g/mol. The summed E-state index contributed by atoms with van der Waals surface area (Å²) in [6.07, 6.45) is 0. The fourth-order valence-electron chi connectivity index (χ4n) is 2.18. The largest absolute Gasteiger partial charge is 0.491 e. The third-order valence-electron chi connectivity index (χ3n) is 3.54. The van der Waals surface area contributed by atoms with Crippen LogP contribution in [0, 0.1) is 13.8 Å². The Morgan fingerprint density at radius 1 is 1.14 bits per heavy atom. The van der Waals surface area contributed by atoms with Crippen molar-refractivity contribution in [3.05, 3.63) is 41.2 Å². The van der Waals surface area contributed by atoms with Crippen molar-refractivity contribution in [2.24, 2.45) is 7.05 Å². The number of anilines is 1. The van der Waals surface area contributed by atoms with Crippen LogP contribution in [0.15, 0.2) is 24.3 Å². The molecule has 1 aromatic carbocycles. The molecule has 0 saturated carbocycles. The Morgan fingerprint density at radius 2 is 1.86 bits per heavy atom. The van der Waals surface area contributed by atoms with Crippen molar-refractivity contribution in [1.82, 2.24) is 9.78 Å². The number of nitrogens with one attached hydrogen (secondary N) is 1. The Bertz CT molecular complexity index is 576. The van der Waals surface area contributed by atoms with Gasteiger partial charge in [-0.1, -0.05) is 0 Å². The first kappa shape index (κ1) is 15.4. The Kier molecular flexibility index (Phi) is 5.22. The minimum atomic E-state index is 0.567. The second-order valence-corrected chi connectivity index (χ2v) is 4.99. The molecule has 0 radical (unpaired) electrons. The van der Waals surface area contributed by atoms with Crippen LogP contribution in [0.1, 0.15) is 17.0 Å². The van der Waals surface area contributed by atoms with E-state index in [4.69, 9.17) is 9.47 Å². The number of aromatic nitrogens is 2. The lowest BCUT2D eigenvalue weighted by Gasteiger charge is -2.09. The van der Waals surface area contributed by atoms with E-state index in [1.165, 1.54) is 11.3 Å². The molecule has 2 rings (SSSR count). The maximum absolute atomic E-state index is 5.54. The first-order valence-electron chi connectivity index (χ1n) is 7.06. The number of methoxy groups -OCH3 is 1. The summed E-state index contributed by atoms with van der Waals surface area (Å²) in [6, 6.07) is 7.95. The van der Waals surface area contributed by atoms with Crippen molar-refractivity contribution in [1.29, 1.82) is 0 Å². The molecule has 0 aliphatic heterocycles. The molecule has 0 atom stereocenters. The third-order valence-corrected chi connectivity index (χ3v) is 3.54. The Labute approximate surface area is 125 Å². The molecule has 0 aliphatic rings. The molecule has 0 amide bonds. The van der Waals surface area contributed by atoms with E-state index in [2.05, 4.69) is 17.3 Å². The first-order valence-corrected chi connectivity index (χ1v) is 7.06. The van der Waals surface area contributed by atoms with Crippen LogP contribution < -0.4 is 10.1 Å². The van der Waals surface area contributed by atoms with E-state index in [1.807, 2.05) is 42.9 Å². The molecule has 21 heavy (non-hydrogen) atoms. The maximum Gasteiger partial charge on any atom is 0.119 e. The van der Waals surface area contributed by atoms with Crippen molar-refractivity contribution >= 4 is 5.69 Å². The smallest absolute Gasteiger partial charge is 0.119 e. The van der Waals surface area contributed by atoms with Crippen molar-refractivity contribution in [3.8, 4) is 5.75 Å². The standard InChI is InChI=1S/C16H23N3O2/c1-12-16(13(2)19(3)18-12)11-17-14-5-7-15(8-6-14)21-10-9-20-4/h5-8,17H,9-11H2,1-4H3. The second kappa shape index (κ2) is 7.13. The molecule has 0 unspecified atom stereocenters. The zero-order valence-corrected chi connectivity index (χ0v) is 13.1. The van der Waals surface area contributed by atoms with E-state index >= 15 is 0 Å². The van der Waals surface area contributed by atoms with Gasteiger partial charge in [-0.05, 0) is 38.1 Å². The quantitative estimate of drug-likeness (QED) is 0.796. The Hall–Kier alpha value is -2.01. The Balaban J connectivity index is 1.91. The summed E-state index contributed by atoms with van der Waals surface area (Å²) in [5.74, 6) is 0.853. The highest BCUT2D eigenvalue weighted by molar-refractivity contribution is 5.47. The van der Waals surface area contributed by atoms with Gasteiger partial charge in [0, 0.05) is 37.6 Å². The highest BCUT2D eigenvalue weighted by Gasteiger charge is 2.08. The van der Waals surface area contributed by atoms with Crippen molar-refractivity contribution < 1.29 is 9.47 Å². The van der Waals surface area contributed by atoms with Gasteiger partial charge in [-0.25, -0.2) is 0 Å². The van der Waals surface area contributed by atoms with Crippen LogP contribution in [-0.2, 0) is 18.3 Å². The predicted molar refractivity (Wildman–Crippen MR) is 83.8 cm³/mol. The van der Waals surface area contributed by atoms with Gasteiger partial charge in [0.2, 0.25) is 0 Å². The minimum Gasteiger partial charge on any atom is -0.491 e. The molecular weight excluding hydrogens is 266 g/mol. The van der Waals surface area contributed by atoms with Gasteiger partial charge in [0.25, 0.3) is 0 Å². The molecule has 1 heterocycles. The zero-order chi connectivity index (χ0) is 15.2. The third kappa shape index (κ3) is 3.98. The average Bonchev–Trinajstić information content (AvgIpc) is 2.72. The molecular formula is C16H23N3O2. The molecule has 0 aliphatic carbocycles. The van der Waals surface area contributed by atoms with E-state index in [9.17, 15) is 0 Å². The molecule has 2 aromatic rings. The zero-order valence-electron chi connectivity index (χ0n) is 13.1. The minimum absolute atomic E-state index is 0.567. The second-order valence-electron chi connectivity index (χ2n) is 4.99. The van der Waals surface area contributed by atoms with Crippen LogP contribution in [0.3, 0.4) is 0 Å². The summed E-state index contributed by atoms with van der Waals surface area (Å²) in [6.45, 7) is 6.06. The molecule has 1 aromatic heterocycles. The first-order chi connectivity index (χ1) is 10.1. The number of rotatable bonds is 7. The fraction of sp³-hybridized carbons (Fsp3) is 0.438. The molecule has 1 N–H and O–H groups in total. The summed E-state index contributed by atoms with van der Waals surface area (Å²) in [5.41, 5.74) is 4.58. The van der Waals surface area contributed by atoms with Gasteiger partial charge in [-0.2, -0.15) is 5.10 Å². The van der Waals surface area contributed by atoms with E-state index < -0.39 is 0 Å².